The molecule has 6 heteroatoms. The molecule has 0 spiro atoms. The highest BCUT2D eigenvalue weighted by Gasteiger charge is 2.41. The van der Waals surface area contributed by atoms with Gasteiger partial charge in [-0.1, -0.05) is 0 Å². The van der Waals surface area contributed by atoms with Gasteiger partial charge in [-0.3, -0.25) is 14.7 Å². The molecule has 0 amide bonds. The molecule has 0 N–H and O–H groups in total. The summed E-state index contributed by atoms with van der Waals surface area (Å²) < 4.78 is 17.4. The molecule has 6 nitrogen and oxygen atoms in total. The van der Waals surface area contributed by atoms with Crippen molar-refractivity contribution < 1.29 is 14.2 Å². The van der Waals surface area contributed by atoms with E-state index >= 15 is 0 Å². The monoisotopic (exact) mass is 299 g/mol. The van der Waals surface area contributed by atoms with E-state index in [0.717, 1.165) is 52.7 Å². The number of morpholine rings is 3. The summed E-state index contributed by atoms with van der Waals surface area (Å²) >= 11 is 0. The Morgan fingerprint density at radius 2 is 1.05 bits per heavy atom. The largest absolute Gasteiger partial charge is 0.378 e. The van der Waals surface area contributed by atoms with Crippen LogP contribution in [0, 0.1) is 0 Å². The van der Waals surface area contributed by atoms with Gasteiger partial charge in [-0.2, -0.15) is 0 Å². The standard InChI is InChI=1S/C15H29N3O3/c1-16-4-6-19-8-12(16)14-10-21-11-15(18(14)3)13-9-20-7-5-17(13)2/h12-15H,4-11H2,1-3H3. The fraction of sp³-hybridized carbons (Fsp3) is 1.00. The maximum absolute atomic E-state index is 5.96. The number of hydrogen-bond acceptors (Lipinski definition) is 6. The van der Waals surface area contributed by atoms with Crippen LogP contribution in [0.15, 0.2) is 0 Å². The summed E-state index contributed by atoms with van der Waals surface area (Å²) in [6, 6.07) is 1.62. The van der Waals surface area contributed by atoms with Gasteiger partial charge in [0, 0.05) is 13.1 Å². The molecule has 4 unspecified atom stereocenters. The molecule has 0 aliphatic carbocycles. The molecule has 3 heterocycles. The molecule has 3 fully saturated rings. The molecule has 0 aromatic heterocycles. The van der Waals surface area contributed by atoms with Crippen LogP contribution < -0.4 is 0 Å². The lowest BCUT2D eigenvalue weighted by Gasteiger charge is -2.50. The van der Waals surface area contributed by atoms with E-state index in [1.165, 1.54) is 0 Å². The van der Waals surface area contributed by atoms with Gasteiger partial charge in [0.15, 0.2) is 0 Å². The average molecular weight is 299 g/mol. The van der Waals surface area contributed by atoms with Gasteiger partial charge in [0.25, 0.3) is 0 Å². The van der Waals surface area contributed by atoms with Crippen molar-refractivity contribution in [1.29, 1.82) is 0 Å². The summed E-state index contributed by atoms with van der Waals surface area (Å²) in [5.74, 6) is 0. The molecule has 0 saturated carbocycles. The first-order chi connectivity index (χ1) is 10.2. The molecular weight excluding hydrogens is 270 g/mol. The van der Waals surface area contributed by atoms with Crippen LogP contribution in [-0.2, 0) is 14.2 Å². The highest BCUT2D eigenvalue weighted by atomic mass is 16.5. The molecule has 3 saturated heterocycles. The molecule has 3 aliphatic heterocycles. The molecule has 0 aromatic carbocycles. The smallest absolute Gasteiger partial charge is 0.0638 e. The predicted octanol–water partition coefficient (Wildman–Crippen LogP) is -0.653. The van der Waals surface area contributed by atoms with E-state index < -0.39 is 0 Å². The van der Waals surface area contributed by atoms with Crippen LogP contribution >= 0.6 is 0 Å². The van der Waals surface area contributed by atoms with E-state index in [1.54, 1.807) is 0 Å². The highest BCUT2D eigenvalue weighted by Crippen LogP contribution is 2.24. The van der Waals surface area contributed by atoms with Crippen LogP contribution in [0.2, 0.25) is 0 Å². The first-order valence-electron chi connectivity index (χ1n) is 8.04. The van der Waals surface area contributed by atoms with E-state index in [4.69, 9.17) is 14.2 Å². The van der Waals surface area contributed by atoms with Gasteiger partial charge in [0.2, 0.25) is 0 Å². The Hall–Kier alpha value is -0.240. The minimum Gasteiger partial charge on any atom is -0.378 e. The van der Waals surface area contributed by atoms with E-state index in [1.807, 2.05) is 0 Å². The van der Waals surface area contributed by atoms with Gasteiger partial charge in [-0.25, -0.2) is 0 Å². The molecule has 4 atom stereocenters. The fourth-order valence-corrected chi connectivity index (χ4v) is 3.78. The Kier molecular flexibility index (Phi) is 5.14. The molecule has 0 aromatic rings. The Bertz CT molecular complexity index is 314. The van der Waals surface area contributed by atoms with Crippen molar-refractivity contribution in [1.82, 2.24) is 14.7 Å². The first-order valence-corrected chi connectivity index (χ1v) is 8.04. The van der Waals surface area contributed by atoms with Crippen molar-refractivity contribution in [2.75, 3.05) is 73.9 Å². The Morgan fingerprint density at radius 1 is 0.619 bits per heavy atom. The Morgan fingerprint density at radius 3 is 1.48 bits per heavy atom. The van der Waals surface area contributed by atoms with E-state index in [0.29, 0.717) is 24.2 Å². The third kappa shape index (κ3) is 3.25. The first kappa shape index (κ1) is 15.6. The van der Waals surface area contributed by atoms with Crippen LogP contribution in [0.3, 0.4) is 0 Å². The molecule has 3 rings (SSSR count). The van der Waals surface area contributed by atoms with Gasteiger partial charge in [0.1, 0.15) is 0 Å². The van der Waals surface area contributed by atoms with Crippen LogP contribution in [0.25, 0.3) is 0 Å². The van der Waals surface area contributed by atoms with Gasteiger partial charge in [-0.05, 0) is 21.1 Å². The SMILES string of the molecule is CN1CCOCC1C1COCC(C2COCCN2C)N1C. The second kappa shape index (κ2) is 6.89. The lowest BCUT2D eigenvalue weighted by Crippen LogP contribution is -2.66. The third-order valence-corrected chi connectivity index (χ3v) is 5.40. The van der Waals surface area contributed by atoms with Crippen molar-refractivity contribution >= 4 is 0 Å². The predicted molar refractivity (Wildman–Crippen MR) is 80.6 cm³/mol. The second-order valence-electron chi connectivity index (χ2n) is 6.58. The molecule has 0 radical (unpaired) electrons. The van der Waals surface area contributed by atoms with Gasteiger partial charge < -0.3 is 14.2 Å². The average Bonchev–Trinajstić information content (AvgIpc) is 2.49. The van der Waals surface area contributed by atoms with Crippen LogP contribution in [0.5, 0.6) is 0 Å². The number of rotatable bonds is 2. The Labute approximate surface area is 127 Å². The van der Waals surface area contributed by atoms with E-state index in [-0.39, 0.29) is 0 Å². The van der Waals surface area contributed by atoms with Crippen LogP contribution in [0.1, 0.15) is 0 Å². The van der Waals surface area contributed by atoms with Crippen LogP contribution in [0.4, 0.5) is 0 Å². The topological polar surface area (TPSA) is 37.4 Å². The number of nitrogens with zero attached hydrogens (tertiary/aromatic N) is 3. The molecular formula is C15H29N3O3. The number of likely N-dealkylation sites (N-methyl/N-ethyl adjacent to an activating group) is 3. The molecule has 3 aliphatic rings. The van der Waals surface area contributed by atoms with Gasteiger partial charge in [0.05, 0.1) is 63.8 Å². The van der Waals surface area contributed by atoms with Crippen molar-refractivity contribution in [3.8, 4) is 0 Å². The quantitative estimate of drug-likeness (QED) is 0.674. The highest BCUT2D eigenvalue weighted by molar-refractivity contribution is 4.96. The van der Waals surface area contributed by atoms with Crippen molar-refractivity contribution in [3.63, 3.8) is 0 Å². The van der Waals surface area contributed by atoms with Gasteiger partial charge >= 0.3 is 0 Å². The maximum Gasteiger partial charge on any atom is 0.0638 e. The third-order valence-electron chi connectivity index (χ3n) is 5.40. The lowest BCUT2D eigenvalue weighted by atomic mass is 9.97. The zero-order valence-electron chi connectivity index (χ0n) is 13.5. The minimum atomic E-state index is 0.393. The summed E-state index contributed by atoms with van der Waals surface area (Å²) in [7, 11) is 6.63. The van der Waals surface area contributed by atoms with E-state index in [2.05, 4.69) is 35.8 Å². The number of ether oxygens (including phenoxy) is 3. The Balaban J connectivity index is 1.69. The number of hydrogen-bond donors (Lipinski definition) is 0. The minimum absolute atomic E-state index is 0.393. The van der Waals surface area contributed by atoms with E-state index in [9.17, 15) is 0 Å². The molecule has 122 valence electrons. The van der Waals surface area contributed by atoms with Crippen molar-refractivity contribution in [2.45, 2.75) is 24.2 Å². The normalized spacial score (nSPS) is 41.3. The summed E-state index contributed by atoms with van der Waals surface area (Å²) in [6.07, 6.45) is 0. The maximum atomic E-state index is 5.96. The van der Waals surface area contributed by atoms with Crippen molar-refractivity contribution in [2.24, 2.45) is 0 Å². The molecule has 0 bridgehead atoms. The second-order valence-corrected chi connectivity index (χ2v) is 6.58. The fourth-order valence-electron chi connectivity index (χ4n) is 3.78. The molecule has 21 heavy (non-hydrogen) atoms. The van der Waals surface area contributed by atoms with Crippen LogP contribution in [-0.4, -0.2) is 113 Å². The summed E-state index contributed by atoms with van der Waals surface area (Å²) in [4.78, 5) is 7.34. The van der Waals surface area contributed by atoms with Crippen molar-refractivity contribution in [3.05, 3.63) is 0 Å². The summed E-state index contributed by atoms with van der Waals surface area (Å²) in [6.45, 7) is 6.89. The summed E-state index contributed by atoms with van der Waals surface area (Å²) in [5, 5.41) is 0. The van der Waals surface area contributed by atoms with Gasteiger partial charge in [-0.15, -0.1) is 0 Å². The summed E-state index contributed by atoms with van der Waals surface area (Å²) in [5.41, 5.74) is 0. The zero-order chi connectivity index (χ0) is 14.8. The lowest BCUT2D eigenvalue weighted by molar-refractivity contribution is -0.126. The zero-order valence-corrected chi connectivity index (χ0v) is 13.5.